The van der Waals surface area contributed by atoms with E-state index in [0.29, 0.717) is 5.02 Å². The molecule has 0 aliphatic heterocycles. The van der Waals surface area contributed by atoms with Crippen LogP contribution in [-0.2, 0) is 24.7 Å². The van der Waals surface area contributed by atoms with Gasteiger partial charge < -0.3 is 14.6 Å². The van der Waals surface area contributed by atoms with Crippen molar-refractivity contribution in [2.75, 3.05) is 18.2 Å². The number of carbonyl (C=O) groups is 1. The summed E-state index contributed by atoms with van der Waals surface area (Å²) in [6.45, 7) is 1.88. The molecule has 1 N–H and O–H groups in total. The molecule has 0 atom stereocenters. The highest BCUT2D eigenvalue weighted by Crippen LogP contribution is 2.24. The molecule has 6 nitrogen and oxygen atoms in total. The fourth-order valence-electron chi connectivity index (χ4n) is 2.99. The molecule has 0 aliphatic carbocycles. The molecular formula is C22H25ClN4O2S. The molecule has 0 spiro atoms. The van der Waals surface area contributed by atoms with Crippen LogP contribution in [-0.4, -0.2) is 33.5 Å². The number of anilines is 1. The molecule has 0 saturated carbocycles. The van der Waals surface area contributed by atoms with Crippen molar-refractivity contribution in [2.24, 2.45) is 7.05 Å². The van der Waals surface area contributed by atoms with Crippen LogP contribution in [0.4, 0.5) is 5.69 Å². The van der Waals surface area contributed by atoms with Gasteiger partial charge in [0.05, 0.1) is 12.9 Å². The standard InChI is InChI=1S/C22H25ClN4O2S/c1-15-18(23)7-5-8-19(15)24-21(28)14-30-22-26-25-20(27(22)2)9-4-6-16-10-12-17(29-3)13-11-16/h5,7-8,10-13H,4,6,9,14H2,1-3H3,(H,24,28). The Labute approximate surface area is 186 Å². The van der Waals surface area contributed by atoms with Gasteiger partial charge in [0, 0.05) is 24.2 Å². The van der Waals surface area contributed by atoms with Crippen molar-refractivity contribution in [1.29, 1.82) is 0 Å². The number of carbonyl (C=O) groups excluding carboxylic acids is 1. The fourth-order valence-corrected chi connectivity index (χ4v) is 3.90. The summed E-state index contributed by atoms with van der Waals surface area (Å²) >= 11 is 7.47. The van der Waals surface area contributed by atoms with Crippen molar-refractivity contribution in [2.45, 2.75) is 31.3 Å². The number of amides is 1. The number of hydrogen-bond acceptors (Lipinski definition) is 5. The SMILES string of the molecule is COc1ccc(CCCc2nnc(SCC(=O)Nc3cccc(Cl)c3C)n2C)cc1. The number of nitrogens with zero attached hydrogens (tertiary/aromatic N) is 3. The Hall–Kier alpha value is -2.51. The Bertz CT molecular complexity index is 1000. The summed E-state index contributed by atoms with van der Waals surface area (Å²) in [6.07, 6.45) is 2.75. The van der Waals surface area contributed by atoms with E-state index in [4.69, 9.17) is 16.3 Å². The molecule has 0 saturated heterocycles. The Kier molecular flexibility index (Phi) is 7.76. The molecule has 0 radical (unpaired) electrons. The topological polar surface area (TPSA) is 69.0 Å². The molecule has 2 aromatic carbocycles. The van der Waals surface area contributed by atoms with E-state index in [9.17, 15) is 4.79 Å². The predicted octanol–water partition coefficient (Wildman–Crippen LogP) is 4.69. The third-order valence-corrected chi connectivity index (χ3v) is 6.25. The quantitative estimate of drug-likeness (QED) is 0.485. The van der Waals surface area contributed by atoms with Crippen LogP contribution in [0.15, 0.2) is 47.6 Å². The number of aromatic nitrogens is 3. The van der Waals surface area contributed by atoms with Crippen LogP contribution < -0.4 is 10.1 Å². The zero-order chi connectivity index (χ0) is 21.5. The van der Waals surface area contributed by atoms with Gasteiger partial charge in [0.2, 0.25) is 5.91 Å². The van der Waals surface area contributed by atoms with Crippen molar-refractivity contribution < 1.29 is 9.53 Å². The van der Waals surface area contributed by atoms with Crippen LogP contribution in [0.5, 0.6) is 5.75 Å². The molecule has 1 heterocycles. The first-order chi connectivity index (χ1) is 14.5. The summed E-state index contributed by atoms with van der Waals surface area (Å²) in [5.41, 5.74) is 2.85. The number of aryl methyl sites for hydroxylation is 2. The minimum atomic E-state index is -0.102. The van der Waals surface area contributed by atoms with E-state index in [2.05, 4.69) is 27.6 Å². The highest BCUT2D eigenvalue weighted by Gasteiger charge is 2.12. The van der Waals surface area contributed by atoms with Crippen molar-refractivity contribution in [3.63, 3.8) is 0 Å². The molecule has 8 heteroatoms. The zero-order valence-corrected chi connectivity index (χ0v) is 18.9. The molecule has 3 rings (SSSR count). The largest absolute Gasteiger partial charge is 0.497 e. The lowest BCUT2D eigenvalue weighted by Gasteiger charge is -2.09. The molecule has 0 bridgehead atoms. The highest BCUT2D eigenvalue weighted by molar-refractivity contribution is 7.99. The first kappa shape index (κ1) is 22.2. The molecule has 3 aromatic rings. The average Bonchev–Trinajstić information content (AvgIpc) is 3.10. The van der Waals surface area contributed by atoms with Crippen LogP contribution in [0.3, 0.4) is 0 Å². The number of benzene rings is 2. The van der Waals surface area contributed by atoms with E-state index < -0.39 is 0 Å². The highest BCUT2D eigenvalue weighted by atomic mass is 35.5. The van der Waals surface area contributed by atoms with Crippen LogP contribution >= 0.6 is 23.4 Å². The number of rotatable bonds is 9. The summed E-state index contributed by atoms with van der Waals surface area (Å²) in [5, 5.41) is 12.8. The zero-order valence-electron chi connectivity index (χ0n) is 17.3. The van der Waals surface area contributed by atoms with Gasteiger partial charge in [0.15, 0.2) is 5.16 Å². The van der Waals surface area contributed by atoms with Gasteiger partial charge in [-0.1, -0.05) is 41.6 Å². The van der Waals surface area contributed by atoms with Crippen molar-refractivity contribution in [1.82, 2.24) is 14.8 Å². The second kappa shape index (κ2) is 10.5. The Morgan fingerprint density at radius 3 is 2.67 bits per heavy atom. The van der Waals surface area contributed by atoms with E-state index in [1.807, 2.05) is 42.8 Å². The lowest BCUT2D eigenvalue weighted by molar-refractivity contribution is -0.113. The second-order valence-electron chi connectivity index (χ2n) is 6.91. The van der Waals surface area contributed by atoms with Gasteiger partial charge in [0.1, 0.15) is 11.6 Å². The molecule has 0 aliphatic rings. The molecule has 0 unspecified atom stereocenters. The van der Waals surface area contributed by atoms with E-state index in [1.165, 1.54) is 17.3 Å². The first-order valence-corrected chi connectivity index (χ1v) is 11.0. The average molecular weight is 445 g/mol. The van der Waals surface area contributed by atoms with Gasteiger partial charge in [-0.15, -0.1) is 10.2 Å². The Morgan fingerprint density at radius 1 is 1.17 bits per heavy atom. The number of hydrogen-bond donors (Lipinski definition) is 1. The minimum Gasteiger partial charge on any atom is -0.497 e. The number of nitrogens with one attached hydrogen (secondary N) is 1. The second-order valence-corrected chi connectivity index (χ2v) is 8.26. The number of methoxy groups -OCH3 is 1. The van der Waals surface area contributed by atoms with Crippen LogP contribution in [0.2, 0.25) is 5.02 Å². The fraction of sp³-hybridized carbons (Fsp3) is 0.318. The molecule has 0 fully saturated rings. The minimum absolute atomic E-state index is 0.102. The normalized spacial score (nSPS) is 10.8. The van der Waals surface area contributed by atoms with Crippen LogP contribution in [0.25, 0.3) is 0 Å². The van der Waals surface area contributed by atoms with Crippen molar-refractivity contribution in [3.05, 3.63) is 64.4 Å². The molecule has 158 valence electrons. The molecule has 1 aromatic heterocycles. The van der Waals surface area contributed by atoms with Crippen LogP contribution in [0, 0.1) is 6.92 Å². The number of thioether (sulfide) groups is 1. The molecular weight excluding hydrogens is 420 g/mol. The maximum atomic E-state index is 12.3. The Balaban J connectivity index is 1.48. The van der Waals surface area contributed by atoms with Gasteiger partial charge in [-0.25, -0.2) is 0 Å². The molecule has 1 amide bonds. The monoisotopic (exact) mass is 444 g/mol. The van der Waals surface area contributed by atoms with Crippen LogP contribution in [0.1, 0.15) is 23.4 Å². The third kappa shape index (κ3) is 5.77. The summed E-state index contributed by atoms with van der Waals surface area (Å²) in [5.74, 6) is 1.93. The van der Waals surface area contributed by atoms with Crippen molar-refractivity contribution >= 4 is 35.0 Å². The number of ether oxygens (including phenoxy) is 1. The smallest absolute Gasteiger partial charge is 0.234 e. The van der Waals surface area contributed by atoms with Gasteiger partial charge in [-0.2, -0.15) is 0 Å². The first-order valence-electron chi connectivity index (χ1n) is 9.67. The van der Waals surface area contributed by atoms with Gasteiger partial charge in [0.25, 0.3) is 0 Å². The predicted molar refractivity (Wildman–Crippen MR) is 122 cm³/mol. The van der Waals surface area contributed by atoms with E-state index >= 15 is 0 Å². The van der Waals surface area contributed by atoms with Crippen molar-refractivity contribution in [3.8, 4) is 5.75 Å². The van der Waals surface area contributed by atoms with Gasteiger partial charge >= 0.3 is 0 Å². The maximum absolute atomic E-state index is 12.3. The maximum Gasteiger partial charge on any atom is 0.234 e. The summed E-state index contributed by atoms with van der Waals surface area (Å²) < 4.78 is 7.14. The summed E-state index contributed by atoms with van der Waals surface area (Å²) in [4.78, 5) is 12.3. The van der Waals surface area contributed by atoms with Gasteiger partial charge in [-0.3, -0.25) is 4.79 Å². The Morgan fingerprint density at radius 2 is 1.93 bits per heavy atom. The summed E-state index contributed by atoms with van der Waals surface area (Å²) in [7, 11) is 3.60. The van der Waals surface area contributed by atoms with E-state index in [1.54, 1.807) is 13.2 Å². The lowest BCUT2D eigenvalue weighted by atomic mass is 10.1. The number of halogens is 1. The molecule has 30 heavy (non-hydrogen) atoms. The van der Waals surface area contributed by atoms with E-state index in [-0.39, 0.29) is 11.7 Å². The summed E-state index contributed by atoms with van der Waals surface area (Å²) in [6, 6.07) is 13.6. The van der Waals surface area contributed by atoms with Gasteiger partial charge in [-0.05, 0) is 55.2 Å². The third-order valence-electron chi connectivity index (χ3n) is 4.82. The van der Waals surface area contributed by atoms with E-state index in [0.717, 1.165) is 47.2 Å². The lowest BCUT2D eigenvalue weighted by Crippen LogP contribution is -2.15.